The number of nitrogens with zero attached hydrogens (tertiary/aromatic N) is 1. The molecule has 1 heterocycles. The topological polar surface area (TPSA) is 54.7 Å². The zero-order valence-corrected chi connectivity index (χ0v) is 8.47. The molecular formula is C10H10ClN3. The molecule has 0 aliphatic heterocycles. The maximum atomic E-state index is 6.03. The van der Waals surface area contributed by atoms with Gasteiger partial charge in [-0.2, -0.15) is 0 Å². The van der Waals surface area contributed by atoms with E-state index in [2.05, 4.69) is 9.97 Å². The molecule has 0 saturated heterocycles. The molecule has 14 heavy (non-hydrogen) atoms. The van der Waals surface area contributed by atoms with Crippen molar-refractivity contribution in [1.29, 1.82) is 0 Å². The zero-order valence-electron chi connectivity index (χ0n) is 7.71. The molecule has 1 aromatic heterocycles. The molecule has 1 aromatic carbocycles. The van der Waals surface area contributed by atoms with Gasteiger partial charge < -0.3 is 10.7 Å². The van der Waals surface area contributed by atoms with Crippen LogP contribution in [0.1, 0.15) is 5.69 Å². The van der Waals surface area contributed by atoms with Crippen molar-refractivity contribution in [3.63, 3.8) is 0 Å². The highest BCUT2D eigenvalue weighted by Crippen LogP contribution is 2.30. The Bertz CT molecular complexity index is 442. The van der Waals surface area contributed by atoms with Gasteiger partial charge in [0.05, 0.1) is 10.6 Å². The van der Waals surface area contributed by atoms with Crippen molar-refractivity contribution in [3.05, 3.63) is 35.1 Å². The fourth-order valence-corrected chi connectivity index (χ4v) is 1.60. The molecule has 72 valence electrons. The summed E-state index contributed by atoms with van der Waals surface area (Å²) in [5.41, 5.74) is 8.20. The van der Waals surface area contributed by atoms with Gasteiger partial charge in [0.25, 0.3) is 0 Å². The SMILES string of the molecule is Cc1cnc(-c2c(N)cccc2Cl)[nH]1. The van der Waals surface area contributed by atoms with Crippen molar-refractivity contribution in [2.75, 3.05) is 5.73 Å². The third-order valence-electron chi connectivity index (χ3n) is 1.99. The number of hydrogen-bond donors (Lipinski definition) is 2. The number of aryl methyl sites for hydroxylation is 1. The quantitative estimate of drug-likeness (QED) is 0.707. The van der Waals surface area contributed by atoms with E-state index < -0.39 is 0 Å². The lowest BCUT2D eigenvalue weighted by atomic mass is 10.2. The van der Waals surface area contributed by atoms with Gasteiger partial charge in [0.1, 0.15) is 5.82 Å². The minimum absolute atomic E-state index is 0.611. The lowest BCUT2D eigenvalue weighted by molar-refractivity contribution is 1.26. The molecule has 4 heteroatoms. The van der Waals surface area contributed by atoms with Crippen LogP contribution in [-0.4, -0.2) is 9.97 Å². The van der Waals surface area contributed by atoms with Crippen LogP contribution < -0.4 is 5.73 Å². The summed E-state index contributed by atoms with van der Waals surface area (Å²) < 4.78 is 0. The summed E-state index contributed by atoms with van der Waals surface area (Å²) in [6.07, 6.45) is 1.75. The number of rotatable bonds is 1. The molecule has 0 saturated carbocycles. The van der Waals surface area contributed by atoms with E-state index in [1.807, 2.05) is 13.0 Å². The number of imidazole rings is 1. The lowest BCUT2D eigenvalue weighted by Gasteiger charge is -2.04. The molecule has 3 nitrogen and oxygen atoms in total. The summed E-state index contributed by atoms with van der Waals surface area (Å²) in [6, 6.07) is 5.42. The van der Waals surface area contributed by atoms with Crippen molar-refractivity contribution in [1.82, 2.24) is 9.97 Å². The predicted octanol–water partition coefficient (Wildman–Crippen LogP) is 2.62. The van der Waals surface area contributed by atoms with Gasteiger partial charge in [0.15, 0.2) is 0 Å². The number of halogens is 1. The van der Waals surface area contributed by atoms with Crippen LogP contribution >= 0.6 is 11.6 Å². The Hall–Kier alpha value is -1.48. The summed E-state index contributed by atoms with van der Waals surface area (Å²) in [5.74, 6) is 0.714. The Morgan fingerprint density at radius 1 is 1.43 bits per heavy atom. The van der Waals surface area contributed by atoms with Crippen LogP contribution in [0.5, 0.6) is 0 Å². The molecule has 0 radical (unpaired) electrons. The first-order valence-electron chi connectivity index (χ1n) is 4.24. The van der Waals surface area contributed by atoms with Gasteiger partial charge in [-0.1, -0.05) is 17.7 Å². The summed E-state index contributed by atoms with van der Waals surface area (Å²) in [6.45, 7) is 1.93. The summed E-state index contributed by atoms with van der Waals surface area (Å²) in [5, 5.41) is 0.611. The Balaban J connectivity index is 2.61. The zero-order chi connectivity index (χ0) is 10.1. The molecule has 3 N–H and O–H groups in total. The van der Waals surface area contributed by atoms with Crippen LogP contribution in [0.4, 0.5) is 5.69 Å². The van der Waals surface area contributed by atoms with Crippen LogP contribution in [-0.2, 0) is 0 Å². The second kappa shape index (κ2) is 3.35. The van der Waals surface area contributed by atoms with E-state index in [1.165, 1.54) is 0 Å². The van der Waals surface area contributed by atoms with Crippen molar-refractivity contribution < 1.29 is 0 Å². The largest absolute Gasteiger partial charge is 0.398 e. The minimum Gasteiger partial charge on any atom is -0.398 e. The third-order valence-corrected chi connectivity index (χ3v) is 2.30. The molecule has 0 aliphatic carbocycles. The van der Waals surface area contributed by atoms with E-state index in [-0.39, 0.29) is 0 Å². The highest BCUT2D eigenvalue weighted by Gasteiger charge is 2.09. The highest BCUT2D eigenvalue weighted by molar-refractivity contribution is 6.33. The number of nitrogens with two attached hydrogens (primary N) is 1. The second-order valence-corrected chi connectivity index (χ2v) is 3.53. The van der Waals surface area contributed by atoms with Gasteiger partial charge in [0, 0.05) is 17.6 Å². The summed E-state index contributed by atoms with van der Waals surface area (Å²) in [7, 11) is 0. The first-order valence-corrected chi connectivity index (χ1v) is 4.62. The lowest BCUT2D eigenvalue weighted by Crippen LogP contribution is -1.92. The Morgan fingerprint density at radius 3 is 2.79 bits per heavy atom. The minimum atomic E-state index is 0.611. The number of aromatic nitrogens is 2. The standard InChI is InChI=1S/C10H10ClN3/c1-6-5-13-10(14-6)9-7(11)3-2-4-8(9)12/h2-5H,12H2,1H3,(H,13,14). The molecule has 0 aliphatic rings. The van der Waals surface area contributed by atoms with Crippen LogP contribution in [0.3, 0.4) is 0 Å². The number of H-pyrrole nitrogens is 1. The van der Waals surface area contributed by atoms with Gasteiger partial charge in [-0.3, -0.25) is 0 Å². The maximum absolute atomic E-state index is 6.03. The number of aromatic amines is 1. The smallest absolute Gasteiger partial charge is 0.141 e. The fraction of sp³-hybridized carbons (Fsp3) is 0.100. The van der Waals surface area contributed by atoms with Gasteiger partial charge in [-0.15, -0.1) is 0 Å². The Kier molecular flexibility index (Phi) is 2.17. The molecule has 0 unspecified atom stereocenters. The number of hydrogen-bond acceptors (Lipinski definition) is 2. The van der Waals surface area contributed by atoms with Crippen molar-refractivity contribution in [2.24, 2.45) is 0 Å². The van der Waals surface area contributed by atoms with Gasteiger partial charge >= 0.3 is 0 Å². The summed E-state index contributed by atoms with van der Waals surface area (Å²) in [4.78, 5) is 7.29. The molecule has 0 fully saturated rings. The van der Waals surface area contributed by atoms with E-state index in [0.29, 0.717) is 16.5 Å². The van der Waals surface area contributed by atoms with E-state index in [9.17, 15) is 0 Å². The monoisotopic (exact) mass is 207 g/mol. The molecular weight excluding hydrogens is 198 g/mol. The van der Waals surface area contributed by atoms with Gasteiger partial charge in [0.2, 0.25) is 0 Å². The molecule has 0 amide bonds. The predicted molar refractivity (Wildman–Crippen MR) is 58.2 cm³/mol. The van der Waals surface area contributed by atoms with Crippen molar-refractivity contribution in [3.8, 4) is 11.4 Å². The van der Waals surface area contributed by atoms with Crippen LogP contribution in [0.2, 0.25) is 5.02 Å². The normalized spacial score (nSPS) is 10.4. The van der Waals surface area contributed by atoms with Crippen molar-refractivity contribution in [2.45, 2.75) is 6.92 Å². The molecule has 0 spiro atoms. The number of anilines is 1. The molecule has 2 rings (SSSR count). The molecule has 2 aromatic rings. The average molecular weight is 208 g/mol. The Labute approximate surface area is 86.9 Å². The van der Waals surface area contributed by atoms with Crippen LogP contribution in [0.25, 0.3) is 11.4 Å². The van der Waals surface area contributed by atoms with Crippen LogP contribution in [0, 0.1) is 6.92 Å². The van der Waals surface area contributed by atoms with E-state index in [1.54, 1.807) is 18.3 Å². The second-order valence-electron chi connectivity index (χ2n) is 3.12. The van der Waals surface area contributed by atoms with E-state index in [4.69, 9.17) is 17.3 Å². The van der Waals surface area contributed by atoms with Crippen LogP contribution in [0.15, 0.2) is 24.4 Å². The highest BCUT2D eigenvalue weighted by atomic mass is 35.5. The Morgan fingerprint density at radius 2 is 2.21 bits per heavy atom. The van der Waals surface area contributed by atoms with Gasteiger partial charge in [-0.05, 0) is 19.1 Å². The van der Waals surface area contributed by atoms with E-state index in [0.717, 1.165) is 11.3 Å². The number of benzene rings is 1. The number of nitrogens with one attached hydrogen (secondary N) is 1. The number of nitrogen functional groups attached to an aromatic ring is 1. The summed E-state index contributed by atoms with van der Waals surface area (Å²) >= 11 is 6.03. The van der Waals surface area contributed by atoms with E-state index >= 15 is 0 Å². The average Bonchev–Trinajstić information content (AvgIpc) is 2.51. The third kappa shape index (κ3) is 1.46. The fourth-order valence-electron chi connectivity index (χ4n) is 1.33. The first kappa shape index (κ1) is 9.09. The molecule has 0 bridgehead atoms. The molecule has 0 atom stereocenters. The van der Waals surface area contributed by atoms with Gasteiger partial charge in [-0.25, -0.2) is 4.98 Å². The first-order chi connectivity index (χ1) is 6.68. The van der Waals surface area contributed by atoms with Crippen molar-refractivity contribution >= 4 is 17.3 Å². The maximum Gasteiger partial charge on any atom is 0.141 e.